The molecule has 0 spiro atoms. The Morgan fingerprint density at radius 3 is 2.86 bits per heavy atom. The molecule has 3 aromatic rings. The first kappa shape index (κ1) is 13.1. The Hall–Kier alpha value is -2.90. The van der Waals surface area contributed by atoms with E-state index >= 15 is 0 Å². The fraction of sp³-hybridized carbons (Fsp3) is 0.231. The van der Waals surface area contributed by atoms with Crippen LogP contribution in [-0.2, 0) is 0 Å². The summed E-state index contributed by atoms with van der Waals surface area (Å²) in [5, 5.41) is 16.0. The van der Waals surface area contributed by atoms with Gasteiger partial charge in [0, 0.05) is 12.0 Å². The third kappa shape index (κ3) is 2.69. The lowest BCUT2D eigenvalue weighted by Gasteiger charge is -1.97. The molecule has 1 amide bonds. The van der Waals surface area contributed by atoms with Crippen LogP contribution < -0.4 is 5.32 Å². The molecule has 3 heterocycles. The zero-order valence-corrected chi connectivity index (χ0v) is 11.5. The number of aromatic nitrogens is 5. The molecule has 3 N–H and O–H groups in total. The zero-order valence-electron chi connectivity index (χ0n) is 11.5. The van der Waals surface area contributed by atoms with Gasteiger partial charge in [-0.25, -0.2) is 0 Å². The quantitative estimate of drug-likeness (QED) is 0.680. The summed E-state index contributed by atoms with van der Waals surface area (Å²) in [4.78, 5) is 16.2. The molecule has 0 unspecified atom stereocenters. The molecule has 8 nitrogen and oxygen atoms in total. The van der Waals surface area contributed by atoms with E-state index in [4.69, 9.17) is 4.42 Å². The molecule has 0 aliphatic rings. The molecule has 0 fully saturated rings. The average molecular weight is 286 g/mol. The van der Waals surface area contributed by atoms with Crippen molar-refractivity contribution >= 4 is 11.9 Å². The smallest absolute Gasteiger partial charge is 0.278 e. The van der Waals surface area contributed by atoms with Gasteiger partial charge in [-0.1, -0.05) is 13.8 Å². The van der Waals surface area contributed by atoms with Gasteiger partial charge in [-0.2, -0.15) is 10.1 Å². The highest BCUT2D eigenvalue weighted by Crippen LogP contribution is 2.18. The van der Waals surface area contributed by atoms with Gasteiger partial charge in [0.2, 0.25) is 5.95 Å². The lowest BCUT2D eigenvalue weighted by Crippen LogP contribution is -2.13. The van der Waals surface area contributed by atoms with E-state index in [9.17, 15) is 4.79 Å². The van der Waals surface area contributed by atoms with Crippen LogP contribution in [0.15, 0.2) is 28.9 Å². The van der Waals surface area contributed by atoms with Crippen molar-refractivity contribution in [2.45, 2.75) is 19.8 Å². The lowest BCUT2D eigenvalue weighted by molar-refractivity contribution is 0.102. The van der Waals surface area contributed by atoms with Gasteiger partial charge in [-0.05, 0) is 12.1 Å². The second-order valence-corrected chi connectivity index (χ2v) is 4.80. The number of hydrogen-bond donors (Lipinski definition) is 3. The van der Waals surface area contributed by atoms with Crippen LogP contribution in [0.2, 0.25) is 0 Å². The topological polar surface area (TPSA) is 112 Å². The summed E-state index contributed by atoms with van der Waals surface area (Å²) in [5.74, 6) is 1.37. The summed E-state index contributed by atoms with van der Waals surface area (Å²) in [7, 11) is 0. The van der Waals surface area contributed by atoms with Gasteiger partial charge in [-0.3, -0.25) is 20.3 Å². The van der Waals surface area contributed by atoms with Crippen molar-refractivity contribution in [2.75, 3.05) is 5.32 Å². The van der Waals surface area contributed by atoms with Crippen LogP contribution in [0.4, 0.5) is 5.95 Å². The van der Waals surface area contributed by atoms with E-state index in [2.05, 4.69) is 30.7 Å². The summed E-state index contributed by atoms with van der Waals surface area (Å²) >= 11 is 0. The van der Waals surface area contributed by atoms with E-state index < -0.39 is 5.91 Å². The Balaban J connectivity index is 1.73. The molecule has 0 aliphatic carbocycles. The van der Waals surface area contributed by atoms with Crippen molar-refractivity contribution in [1.82, 2.24) is 25.4 Å². The maximum atomic E-state index is 12.1. The Morgan fingerprint density at radius 1 is 1.33 bits per heavy atom. The van der Waals surface area contributed by atoms with Crippen molar-refractivity contribution in [2.24, 2.45) is 0 Å². The number of carbonyl (C=O) groups is 1. The molecule has 0 radical (unpaired) electrons. The van der Waals surface area contributed by atoms with Crippen LogP contribution in [0, 0.1) is 0 Å². The SMILES string of the molecule is CC(C)c1nc(NC(=O)c2cc(-c3ccco3)[nH]n2)n[nH]1. The Kier molecular flexibility index (Phi) is 3.27. The third-order valence-electron chi connectivity index (χ3n) is 2.87. The number of nitrogens with one attached hydrogen (secondary N) is 3. The minimum Gasteiger partial charge on any atom is -0.463 e. The van der Waals surface area contributed by atoms with E-state index in [-0.39, 0.29) is 17.6 Å². The molecule has 8 heteroatoms. The third-order valence-corrected chi connectivity index (χ3v) is 2.87. The number of anilines is 1. The number of nitrogens with zero attached hydrogens (tertiary/aromatic N) is 3. The van der Waals surface area contributed by atoms with Crippen molar-refractivity contribution in [3.05, 3.63) is 36.0 Å². The van der Waals surface area contributed by atoms with E-state index in [0.717, 1.165) is 0 Å². The second-order valence-electron chi connectivity index (χ2n) is 4.80. The van der Waals surface area contributed by atoms with Gasteiger partial charge < -0.3 is 4.42 Å². The first-order chi connectivity index (χ1) is 10.1. The van der Waals surface area contributed by atoms with Crippen molar-refractivity contribution in [3.8, 4) is 11.5 Å². The van der Waals surface area contributed by atoms with Gasteiger partial charge in [-0.15, -0.1) is 5.10 Å². The highest BCUT2D eigenvalue weighted by atomic mass is 16.3. The van der Waals surface area contributed by atoms with E-state index in [0.29, 0.717) is 17.3 Å². The molecule has 108 valence electrons. The summed E-state index contributed by atoms with van der Waals surface area (Å²) in [6.07, 6.45) is 1.55. The Morgan fingerprint density at radius 2 is 2.19 bits per heavy atom. The zero-order chi connectivity index (χ0) is 14.8. The molecule has 0 saturated carbocycles. The maximum Gasteiger partial charge on any atom is 0.278 e. The number of rotatable bonds is 4. The van der Waals surface area contributed by atoms with E-state index in [1.165, 1.54) is 0 Å². The molecular formula is C13H14N6O2. The molecular weight excluding hydrogens is 272 g/mol. The molecule has 0 aliphatic heterocycles. The van der Waals surface area contributed by atoms with Crippen molar-refractivity contribution in [3.63, 3.8) is 0 Å². The summed E-state index contributed by atoms with van der Waals surface area (Å²) in [6, 6.07) is 5.14. The minimum atomic E-state index is -0.390. The predicted molar refractivity (Wildman–Crippen MR) is 74.7 cm³/mol. The molecule has 3 rings (SSSR count). The minimum absolute atomic E-state index is 0.207. The molecule has 0 bridgehead atoms. The van der Waals surface area contributed by atoms with Crippen LogP contribution in [0.1, 0.15) is 36.1 Å². The van der Waals surface area contributed by atoms with Crippen LogP contribution in [0.25, 0.3) is 11.5 Å². The van der Waals surface area contributed by atoms with Gasteiger partial charge in [0.1, 0.15) is 11.5 Å². The van der Waals surface area contributed by atoms with E-state index in [1.807, 2.05) is 13.8 Å². The summed E-state index contributed by atoms with van der Waals surface area (Å²) in [5.41, 5.74) is 0.861. The number of hydrogen-bond acceptors (Lipinski definition) is 5. The first-order valence-electron chi connectivity index (χ1n) is 6.46. The van der Waals surface area contributed by atoms with Gasteiger partial charge in [0.25, 0.3) is 5.91 Å². The normalized spacial score (nSPS) is 11.0. The summed E-state index contributed by atoms with van der Waals surface area (Å²) in [6.45, 7) is 3.96. The molecule has 0 atom stereocenters. The second kappa shape index (κ2) is 5.23. The van der Waals surface area contributed by atoms with Crippen LogP contribution in [-0.4, -0.2) is 31.3 Å². The van der Waals surface area contributed by atoms with Crippen molar-refractivity contribution in [1.29, 1.82) is 0 Å². The van der Waals surface area contributed by atoms with Gasteiger partial charge >= 0.3 is 0 Å². The monoisotopic (exact) mass is 286 g/mol. The molecule has 3 aromatic heterocycles. The molecule has 21 heavy (non-hydrogen) atoms. The number of furan rings is 1. The van der Waals surface area contributed by atoms with Crippen LogP contribution in [0.3, 0.4) is 0 Å². The molecule has 0 saturated heterocycles. The molecule has 0 aromatic carbocycles. The Bertz CT molecular complexity index is 740. The van der Waals surface area contributed by atoms with Gasteiger partial charge in [0.05, 0.1) is 6.26 Å². The fourth-order valence-electron chi connectivity index (χ4n) is 1.75. The number of aromatic amines is 2. The van der Waals surface area contributed by atoms with Crippen LogP contribution in [0.5, 0.6) is 0 Å². The summed E-state index contributed by atoms with van der Waals surface area (Å²) < 4.78 is 5.23. The Labute approximate surface area is 120 Å². The highest BCUT2D eigenvalue weighted by Gasteiger charge is 2.15. The van der Waals surface area contributed by atoms with Gasteiger partial charge in [0.15, 0.2) is 11.5 Å². The lowest BCUT2D eigenvalue weighted by atomic mass is 10.2. The first-order valence-corrected chi connectivity index (χ1v) is 6.46. The number of H-pyrrole nitrogens is 2. The fourth-order valence-corrected chi connectivity index (χ4v) is 1.75. The maximum absolute atomic E-state index is 12.1. The standard InChI is InChI=1S/C13H14N6O2/c1-7(2)11-14-13(19-18-11)15-12(20)9-6-8(16-17-9)10-4-3-5-21-10/h3-7H,1-2H3,(H,16,17)(H2,14,15,18,19,20). The predicted octanol–water partition coefficient (Wildman–Crippen LogP) is 2.16. The highest BCUT2D eigenvalue weighted by molar-refractivity contribution is 6.02. The number of amides is 1. The van der Waals surface area contributed by atoms with Crippen molar-refractivity contribution < 1.29 is 9.21 Å². The van der Waals surface area contributed by atoms with Crippen LogP contribution >= 0.6 is 0 Å². The largest absolute Gasteiger partial charge is 0.463 e. The number of carbonyl (C=O) groups excluding carboxylic acids is 1. The van der Waals surface area contributed by atoms with E-state index in [1.54, 1.807) is 24.5 Å². The average Bonchev–Trinajstić information content (AvgIpc) is 3.19.